The normalized spacial score (nSPS) is 20.6. The molecule has 5 heterocycles. The number of amides is 1. The average molecular weight is 521 g/mol. The van der Waals surface area contributed by atoms with Crippen LogP contribution in [-0.4, -0.2) is 64.4 Å². The monoisotopic (exact) mass is 520 g/mol. The lowest BCUT2D eigenvalue weighted by Crippen LogP contribution is -2.51. The molecule has 2 aliphatic rings. The molecular formula is C28H40N6O2Si. The van der Waals surface area contributed by atoms with Crippen molar-refractivity contribution in [1.82, 2.24) is 24.5 Å². The molecule has 1 amide bonds. The maximum Gasteiger partial charge on any atom is 0.226 e. The molecule has 2 aliphatic heterocycles. The van der Waals surface area contributed by atoms with Crippen LogP contribution in [0.25, 0.3) is 5.65 Å². The van der Waals surface area contributed by atoms with Gasteiger partial charge in [-0.05, 0) is 67.1 Å². The summed E-state index contributed by atoms with van der Waals surface area (Å²) in [6.07, 6.45) is 9.21. The fourth-order valence-electron chi connectivity index (χ4n) is 5.27. The maximum atomic E-state index is 13.1. The van der Waals surface area contributed by atoms with E-state index < -0.39 is 8.32 Å². The van der Waals surface area contributed by atoms with Gasteiger partial charge in [0.25, 0.3) is 0 Å². The van der Waals surface area contributed by atoms with E-state index in [-0.39, 0.29) is 17.0 Å². The predicted octanol–water partition coefficient (Wildman–Crippen LogP) is 4.71. The van der Waals surface area contributed by atoms with E-state index in [4.69, 9.17) is 9.41 Å². The van der Waals surface area contributed by atoms with Gasteiger partial charge in [-0.3, -0.25) is 4.79 Å². The van der Waals surface area contributed by atoms with Gasteiger partial charge in [-0.15, -0.1) is 0 Å². The summed E-state index contributed by atoms with van der Waals surface area (Å²) < 4.78 is 8.17. The van der Waals surface area contributed by atoms with Crippen molar-refractivity contribution < 1.29 is 9.22 Å². The van der Waals surface area contributed by atoms with Crippen molar-refractivity contribution in [2.45, 2.75) is 77.2 Å². The third-order valence-corrected chi connectivity index (χ3v) is 13.1. The van der Waals surface area contributed by atoms with E-state index in [1.54, 1.807) is 6.33 Å². The van der Waals surface area contributed by atoms with Crippen LogP contribution >= 0.6 is 0 Å². The van der Waals surface area contributed by atoms with Crippen molar-refractivity contribution in [1.29, 1.82) is 0 Å². The molecule has 0 aliphatic carbocycles. The van der Waals surface area contributed by atoms with Crippen molar-refractivity contribution in [3.05, 3.63) is 54.1 Å². The number of piperazine rings is 1. The Morgan fingerprint density at radius 3 is 2.73 bits per heavy atom. The first kappa shape index (κ1) is 25.8. The fourth-order valence-corrected chi connectivity index (χ4v) is 6.23. The first-order valence-corrected chi connectivity index (χ1v) is 16.4. The maximum absolute atomic E-state index is 13.1. The molecule has 0 spiro atoms. The third kappa shape index (κ3) is 5.43. The lowest BCUT2D eigenvalue weighted by molar-refractivity contribution is -0.132. The fraction of sp³-hybridized carbons (Fsp3) is 0.571. The second-order valence-electron chi connectivity index (χ2n) is 12.1. The molecule has 3 aromatic heterocycles. The second kappa shape index (κ2) is 10.2. The molecular weight excluding hydrogens is 480 g/mol. The lowest BCUT2D eigenvalue weighted by Gasteiger charge is -2.38. The number of carbonyl (C=O) groups is 1. The van der Waals surface area contributed by atoms with Gasteiger partial charge in [0.15, 0.2) is 14.0 Å². The van der Waals surface area contributed by atoms with Crippen molar-refractivity contribution in [3.8, 4) is 0 Å². The third-order valence-electron chi connectivity index (χ3n) is 8.59. The van der Waals surface area contributed by atoms with E-state index in [2.05, 4.69) is 71.9 Å². The molecule has 9 heteroatoms. The molecule has 3 aromatic rings. The van der Waals surface area contributed by atoms with Crippen LogP contribution in [0.4, 0.5) is 5.82 Å². The van der Waals surface area contributed by atoms with Gasteiger partial charge in [0, 0.05) is 37.9 Å². The summed E-state index contributed by atoms with van der Waals surface area (Å²) in [4.78, 5) is 26.7. The Balaban J connectivity index is 1.13. The van der Waals surface area contributed by atoms with E-state index in [0.29, 0.717) is 12.5 Å². The summed E-state index contributed by atoms with van der Waals surface area (Å²) in [5.41, 5.74) is 3.22. The van der Waals surface area contributed by atoms with Crippen molar-refractivity contribution in [2.24, 2.45) is 5.92 Å². The summed E-state index contributed by atoms with van der Waals surface area (Å²) in [5.74, 6) is 1.44. The number of hydrogen-bond donors (Lipinski definition) is 0. The van der Waals surface area contributed by atoms with Crippen molar-refractivity contribution in [2.75, 3.05) is 24.5 Å². The van der Waals surface area contributed by atoms with Gasteiger partial charge in [0.1, 0.15) is 12.1 Å². The number of aromatic nitrogens is 4. The van der Waals surface area contributed by atoms with E-state index in [0.717, 1.165) is 62.3 Å². The van der Waals surface area contributed by atoms with Crippen LogP contribution in [0.1, 0.15) is 51.2 Å². The van der Waals surface area contributed by atoms with Crippen LogP contribution in [0.3, 0.4) is 0 Å². The van der Waals surface area contributed by atoms with Crippen LogP contribution in [0, 0.1) is 5.92 Å². The Morgan fingerprint density at radius 1 is 1.14 bits per heavy atom. The molecule has 2 atom stereocenters. The number of rotatable bonds is 8. The first-order valence-electron chi connectivity index (χ1n) is 13.5. The van der Waals surface area contributed by atoms with E-state index in [1.807, 2.05) is 23.0 Å². The molecule has 2 saturated heterocycles. The van der Waals surface area contributed by atoms with Gasteiger partial charge in [-0.25, -0.2) is 14.5 Å². The molecule has 8 nitrogen and oxygen atoms in total. The summed E-state index contributed by atoms with van der Waals surface area (Å²) in [5, 5.41) is 4.42. The molecule has 0 radical (unpaired) electrons. The molecule has 0 bridgehead atoms. The smallest absolute Gasteiger partial charge is 0.226 e. The molecule has 37 heavy (non-hydrogen) atoms. The first-order chi connectivity index (χ1) is 17.6. The van der Waals surface area contributed by atoms with Crippen LogP contribution in [0.15, 0.2) is 43.0 Å². The zero-order valence-electron chi connectivity index (χ0n) is 22.9. The van der Waals surface area contributed by atoms with Gasteiger partial charge < -0.3 is 14.2 Å². The highest BCUT2D eigenvalue weighted by Crippen LogP contribution is 2.37. The van der Waals surface area contributed by atoms with Gasteiger partial charge in [0.05, 0.1) is 12.6 Å². The minimum atomic E-state index is -1.78. The topological polar surface area (TPSA) is 75.9 Å². The molecule has 0 N–H and O–H groups in total. The molecule has 2 fully saturated rings. The van der Waals surface area contributed by atoms with E-state index >= 15 is 0 Å². The number of hydrogen-bond acceptors (Lipinski definition) is 6. The lowest BCUT2D eigenvalue weighted by atomic mass is 9.96. The van der Waals surface area contributed by atoms with Crippen LogP contribution in [0.5, 0.6) is 0 Å². The average Bonchev–Trinajstić information content (AvgIpc) is 3.47. The summed E-state index contributed by atoms with van der Waals surface area (Å²) in [6, 6.07) is 8.64. The second-order valence-corrected chi connectivity index (χ2v) is 16.9. The van der Waals surface area contributed by atoms with Crippen LogP contribution < -0.4 is 4.90 Å². The summed E-state index contributed by atoms with van der Waals surface area (Å²) in [7, 11) is -1.78. The van der Waals surface area contributed by atoms with Gasteiger partial charge in [-0.1, -0.05) is 32.9 Å². The van der Waals surface area contributed by atoms with Crippen molar-refractivity contribution >= 4 is 25.7 Å². The number of carbonyl (C=O) groups excluding carboxylic acids is 1. The standard InChI is InChI=1S/C28H40N6O2Si/c1-28(2,3)37(4,5)36-19-21-11-12-25(29-17-21)32-14-15-33-24(18-32)16-23(27(33)35)9-6-8-22-10-7-13-34-26(22)30-20-31-34/h7,10-13,17,20,23-24H,6,8-9,14-16,18-19H2,1-5H3/t23-,24-/m0/s1. The largest absolute Gasteiger partial charge is 0.413 e. The Bertz CT molecular complexity index is 1240. The Morgan fingerprint density at radius 2 is 1.97 bits per heavy atom. The highest BCUT2D eigenvalue weighted by atomic mass is 28.4. The van der Waals surface area contributed by atoms with Gasteiger partial charge in [0.2, 0.25) is 5.91 Å². The van der Waals surface area contributed by atoms with E-state index in [9.17, 15) is 4.79 Å². The van der Waals surface area contributed by atoms with Crippen LogP contribution in [-0.2, 0) is 22.2 Å². The number of anilines is 1. The molecule has 0 saturated carbocycles. The molecule has 0 aromatic carbocycles. The van der Waals surface area contributed by atoms with Gasteiger partial charge in [-0.2, -0.15) is 5.10 Å². The summed E-state index contributed by atoms with van der Waals surface area (Å²) in [6.45, 7) is 14.4. The highest BCUT2D eigenvalue weighted by Gasteiger charge is 2.42. The van der Waals surface area contributed by atoms with E-state index in [1.165, 1.54) is 5.56 Å². The molecule has 5 rings (SSSR count). The van der Waals surface area contributed by atoms with Gasteiger partial charge >= 0.3 is 0 Å². The zero-order valence-corrected chi connectivity index (χ0v) is 23.9. The Kier molecular flexibility index (Phi) is 7.11. The predicted molar refractivity (Wildman–Crippen MR) is 148 cm³/mol. The highest BCUT2D eigenvalue weighted by molar-refractivity contribution is 6.74. The quantitative estimate of drug-likeness (QED) is 0.401. The minimum Gasteiger partial charge on any atom is -0.413 e. The Labute approximate surface area is 221 Å². The molecule has 0 unspecified atom stereocenters. The number of pyridine rings is 2. The summed E-state index contributed by atoms with van der Waals surface area (Å²) >= 11 is 0. The number of nitrogens with zero attached hydrogens (tertiary/aromatic N) is 6. The Hall–Kier alpha value is -2.78. The van der Waals surface area contributed by atoms with Crippen LogP contribution in [0.2, 0.25) is 18.1 Å². The SMILES string of the molecule is CC(C)(C)[Si](C)(C)OCc1ccc(N2CCN3C(=O)[C@@H](CCCc4cccn5ncnc45)C[C@H]3C2)nc1. The zero-order chi connectivity index (χ0) is 26.2. The molecule has 198 valence electrons. The minimum absolute atomic E-state index is 0.116. The van der Waals surface area contributed by atoms with Crippen molar-refractivity contribution in [3.63, 3.8) is 0 Å². The number of fused-ring (bicyclic) bond motifs is 2. The number of aryl methyl sites for hydroxylation is 1.